The summed E-state index contributed by atoms with van der Waals surface area (Å²) in [4.78, 5) is 21.4. The molecular weight excluding hydrogens is 426 g/mol. The smallest absolute Gasteiger partial charge is 0.277 e. The van der Waals surface area contributed by atoms with Crippen molar-refractivity contribution in [3.63, 3.8) is 0 Å². The van der Waals surface area contributed by atoms with Crippen molar-refractivity contribution in [3.8, 4) is 0 Å². The molecule has 0 aliphatic heterocycles. The number of amides is 1. The van der Waals surface area contributed by atoms with E-state index in [9.17, 15) is 9.18 Å². The van der Waals surface area contributed by atoms with Crippen molar-refractivity contribution >= 4 is 44.5 Å². The molecule has 0 saturated heterocycles. The van der Waals surface area contributed by atoms with Crippen LogP contribution in [0.15, 0.2) is 36.7 Å². The fourth-order valence-electron chi connectivity index (χ4n) is 2.53. The van der Waals surface area contributed by atoms with E-state index in [4.69, 9.17) is 9.94 Å². The molecule has 0 unspecified atom stereocenters. The fourth-order valence-corrected chi connectivity index (χ4v) is 3.16. The zero-order chi connectivity index (χ0) is 19.6. The minimum Gasteiger partial charge on any atom is -0.394 e. The van der Waals surface area contributed by atoms with Crippen LogP contribution in [0.2, 0.25) is 0 Å². The van der Waals surface area contributed by atoms with Gasteiger partial charge >= 0.3 is 0 Å². The number of nitrogens with one attached hydrogen (secondary N) is 1. The van der Waals surface area contributed by atoms with Gasteiger partial charge in [0.1, 0.15) is 17.0 Å². The van der Waals surface area contributed by atoms with Gasteiger partial charge in [-0.05, 0) is 18.2 Å². The first kappa shape index (κ1) is 19.2. The highest BCUT2D eigenvalue weighted by Crippen LogP contribution is 2.38. The lowest BCUT2D eigenvalue weighted by molar-refractivity contribution is 0.0169. The van der Waals surface area contributed by atoms with Crippen molar-refractivity contribution in [3.05, 3.63) is 53.9 Å². The number of rotatable bonds is 6. The van der Waals surface area contributed by atoms with E-state index in [1.54, 1.807) is 17.7 Å². The van der Waals surface area contributed by atoms with Crippen LogP contribution in [-0.4, -0.2) is 33.8 Å². The number of hydroxylamine groups is 1. The van der Waals surface area contributed by atoms with Crippen molar-refractivity contribution in [2.75, 3.05) is 17.1 Å². The van der Waals surface area contributed by atoms with Crippen LogP contribution in [0.3, 0.4) is 0 Å². The lowest BCUT2D eigenvalue weighted by Gasteiger charge is -2.21. The molecule has 0 atom stereocenters. The number of hydrogen-bond donors (Lipinski definition) is 2. The lowest BCUT2D eigenvalue weighted by atomic mass is 10.1. The number of carbonyl (C=O) groups excluding carboxylic acids is 1. The Bertz CT molecular complexity index is 996. The molecule has 0 bridgehead atoms. The highest BCUT2D eigenvalue weighted by Gasteiger charge is 2.26. The molecule has 0 aliphatic rings. The number of aliphatic hydroxyl groups is 1. The summed E-state index contributed by atoms with van der Waals surface area (Å²) < 4.78 is 32.0. The second-order valence-electron chi connectivity index (χ2n) is 5.55. The number of anilines is 2. The summed E-state index contributed by atoms with van der Waals surface area (Å²) in [5, 5.41) is 8.76. The second-order valence-corrected chi connectivity index (χ2v) is 6.25. The van der Waals surface area contributed by atoms with E-state index in [1.807, 2.05) is 0 Å². The summed E-state index contributed by atoms with van der Waals surface area (Å²) in [6.07, 6.45) is 1.41. The number of para-hydroxylation sites is 1. The molecule has 7 nitrogen and oxygen atoms in total. The number of imidazole rings is 1. The second kappa shape index (κ2) is 7.99. The maximum absolute atomic E-state index is 15.2. The normalized spacial score (nSPS) is 11.0. The molecule has 27 heavy (non-hydrogen) atoms. The standard InChI is InChI=1S/C17H15BrF2N4O3/c1-23-9-21-15-13(23)8-10(17(26)22-27-7-6-25)16(14(15)20)24(18)12-5-3-2-4-11(12)19/h2-5,8-9,25H,6-7H2,1H3,(H,22,26). The number of aryl methyl sites for hydroxylation is 1. The van der Waals surface area contributed by atoms with Crippen LogP contribution in [-0.2, 0) is 11.9 Å². The number of aromatic nitrogens is 2. The van der Waals surface area contributed by atoms with Gasteiger partial charge in [0.25, 0.3) is 5.91 Å². The van der Waals surface area contributed by atoms with Crippen LogP contribution in [0.25, 0.3) is 11.0 Å². The first-order valence-electron chi connectivity index (χ1n) is 7.82. The molecule has 0 spiro atoms. The Morgan fingerprint density at radius 2 is 2.15 bits per heavy atom. The van der Waals surface area contributed by atoms with Crippen molar-refractivity contribution in [1.82, 2.24) is 15.0 Å². The minimum atomic E-state index is -0.805. The number of benzene rings is 2. The van der Waals surface area contributed by atoms with Gasteiger partial charge in [-0.1, -0.05) is 12.1 Å². The lowest BCUT2D eigenvalue weighted by Crippen LogP contribution is -2.27. The van der Waals surface area contributed by atoms with Gasteiger partial charge in [-0.3, -0.25) is 13.6 Å². The summed E-state index contributed by atoms with van der Waals surface area (Å²) in [5.41, 5.74) is 2.21. The number of halogens is 3. The van der Waals surface area contributed by atoms with E-state index in [1.165, 1.54) is 30.6 Å². The molecule has 1 amide bonds. The van der Waals surface area contributed by atoms with Crippen LogP contribution in [0.1, 0.15) is 10.4 Å². The molecule has 10 heteroatoms. The van der Waals surface area contributed by atoms with E-state index >= 15 is 4.39 Å². The van der Waals surface area contributed by atoms with Gasteiger partial charge in [-0.25, -0.2) is 19.2 Å². The monoisotopic (exact) mass is 440 g/mol. The molecule has 2 aromatic carbocycles. The number of nitrogens with zero attached hydrogens (tertiary/aromatic N) is 3. The average molecular weight is 441 g/mol. The fraction of sp³-hybridized carbons (Fsp3) is 0.176. The largest absolute Gasteiger partial charge is 0.394 e. The predicted molar refractivity (Wildman–Crippen MR) is 98.6 cm³/mol. The molecule has 0 aliphatic carbocycles. The van der Waals surface area contributed by atoms with Crippen LogP contribution < -0.4 is 9.41 Å². The summed E-state index contributed by atoms with van der Waals surface area (Å²) in [5.74, 6) is -2.18. The third-order valence-corrected chi connectivity index (χ3v) is 4.53. The molecule has 0 radical (unpaired) electrons. The average Bonchev–Trinajstić information content (AvgIpc) is 3.03. The van der Waals surface area contributed by atoms with Crippen molar-refractivity contribution in [2.45, 2.75) is 0 Å². The molecule has 142 valence electrons. The first-order chi connectivity index (χ1) is 13.0. The third kappa shape index (κ3) is 3.64. The first-order valence-corrected chi connectivity index (χ1v) is 8.53. The predicted octanol–water partition coefficient (Wildman–Crippen LogP) is 2.95. The number of hydrogen-bond acceptors (Lipinski definition) is 5. The zero-order valence-corrected chi connectivity index (χ0v) is 15.7. The topological polar surface area (TPSA) is 79.6 Å². The molecule has 0 saturated carbocycles. The SMILES string of the molecule is Cn1cnc2c(F)c(N(Br)c3ccccc3F)c(C(=O)NOCCO)cc21. The van der Waals surface area contributed by atoms with Crippen LogP contribution >= 0.6 is 16.1 Å². The Labute approximate surface area is 161 Å². The van der Waals surface area contributed by atoms with Crippen LogP contribution in [0, 0.1) is 11.6 Å². The minimum absolute atomic E-state index is 0.0111. The van der Waals surface area contributed by atoms with Crippen LogP contribution in [0.5, 0.6) is 0 Å². The van der Waals surface area contributed by atoms with Gasteiger partial charge < -0.3 is 9.67 Å². The van der Waals surface area contributed by atoms with E-state index in [2.05, 4.69) is 26.6 Å². The van der Waals surface area contributed by atoms with Crippen molar-refractivity contribution in [1.29, 1.82) is 0 Å². The van der Waals surface area contributed by atoms with Crippen LogP contribution in [0.4, 0.5) is 20.2 Å². The van der Waals surface area contributed by atoms with Gasteiger partial charge in [0.15, 0.2) is 5.82 Å². The number of fused-ring (bicyclic) bond motifs is 1. The summed E-state index contributed by atoms with van der Waals surface area (Å²) in [6, 6.07) is 7.14. The number of aliphatic hydroxyl groups excluding tert-OH is 1. The summed E-state index contributed by atoms with van der Waals surface area (Å²) in [7, 11) is 1.65. The highest BCUT2D eigenvalue weighted by molar-refractivity contribution is 9.10. The zero-order valence-electron chi connectivity index (χ0n) is 14.1. The van der Waals surface area contributed by atoms with Gasteiger partial charge in [0.05, 0.1) is 52.5 Å². The van der Waals surface area contributed by atoms with Gasteiger partial charge in [-0.2, -0.15) is 0 Å². The van der Waals surface area contributed by atoms with Crippen molar-refractivity contribution < 1.29 is 23.5 Å². The summed E-state index contributed by atoms with van der Waals surface area (Å²) in [6.45, 7) is -0.440. The maximum atomic E-state index is 15.2. The molecule has 2 N–H and O–H groups in total. The third-order valence-electron chi connectivity index (χ3n) is 3.80. The van der Waals surface area contributed by atoms with Gasteiger partial charge in [0, 0.05) is 7.05 Å². The molecule has 3 aromatic rings. The molecular formula is C17H15BrF2N4O3. The molecule has 3 rings (SSSR count). The maximum Gasteiger partial charge on any atom is 0.277 e. The molecule has 1 heterocycles. The van der Waals surface area contributed by atoms with E-state index in [-0.39, 0.29) is 35.7 Å². The van der Waals surface area contributed by atoms with E-state index in [0.29, 0.717) is 5.52 Å². The van der Waals surface area contributed by atoms with Gasteiger partial charge in [-0.15, -0.1) is 0 Å². The molecule has 0 fully saturated rings. The Kier molecular flexibility index (Phi) is 5.68. The molecule has 1 aromatic heterocycles. The van der Waals surface area contributed by atoms with E-state index < -0.39 is 17.5 Å². The highest BCUT2D eigenvalue weighted by atomic mass is 79.9. The summed E-state index contributed by atoms with van der Waals surface area (Å²) >= 11 is 3.15. The Morgan fingerprint density at radius 3 is 2.85 bits per heavy atom. The Hall–Kier alpha value is -2.56. The quantitative estimate of drug-likeness (QED) is 0.350. The van der Waals surface area contributed by atoms with Crippen molar-refractivity contribution in [2.24, 2.45) is 7.05 Å². The van der Waals surface area contributed by atoms with Gasteiger partial charge in [0.2, 0.25) is 0 Å². The number of carbonyl (C=O) groups is 1. The Balaban J connectivity index is 2.16. The Morgan fingerprint density at radius 1 is 1.41 bits per heavy atom. The van der Waals surface area contributed by atoms with E-state index in [0.717, 1.165) is 3.93 Å².